The number of nitrogens with zero attached hydrogens (tertiary/aromatic N) is 1. The maximum atomic E-state index is 13.2. The Morgan fingerprint density at radius 1 is 1.19 bits per heavy atom. The van der Waals surface area contributed by atoms with E-state index < -0.39 is 23.3 Å². The molecule has 0 aromatic heterocycles. The van der Waals surface area contributed by atoms with E-state index >= 15 is 0 Å². The lowest BCUT2D eigenvalue weighted by atomic mass is 9.87. The first-order valence-corrected chi connectivity index (χ1v) is 9.39. The van der Waals surface area contributed by atoms with E-state index in [4.69, 9.17) is 0 Å². The van der Waals surface area contributed by atoms with E-state index in [1.165, 1.54) is 24.3 Å². The van der Waals surface area contributed by atoms with Crippen molar-refractivity contribution in [3.63, 3.8) is 0 Å². The second-order valence-electron chi connectivity index (χ2n) is 7.53. The van der Waals surface area contributed by atoms with Crippen molar-refractivity contribution in [1.82, 2.24) is 15.5 Å². The summed E-state index contributed by atoms with van der Waals surface area (Å²) in [5, 5.41) is 5.52. The number of hydrogen-bond acceptors (Lipinski definition) is 3. The fraction of sp³-hybridized carbons (Fsp3) is 0.550. The molecule has 0 saturated carbocycles. The van der Waals surface area contributed by atoms with Crippen molar-refractivity contribution in [2.24, 2.45) is 5.92 Å². The average molecular weight is 377 g/mol. The number of carbonyl (C=O) groups excluding carboxylic acids is 3. The Labute approximate surface area is 159 Å². The Bertz CT molecular complexity index is 705. The smallest absolute Gasteiger partial charge is 0.325 e. The summed E-state index contributed by atoms with van der Waals surface area (Å²) in [6.45, 7) is 7.56. The van der Waals surface area contributed by atoms with E-state index in [2.05, 4.69) is 24.5 Å². The van der Waals surface area contributed by atoms with E-state index in [-0.39, 0.29) is 18.5 Å². The first kappa shape index (κ1) is 20.9. The summed E-state index contributed by atoms with van der Waals surface area (Å²) >= 11 is 0. The number of hydrogen-bond donors (Lipinski definition) is 2. The quantitative estimate of drug-likeness (QED) is 0.684. The van der Waals surface area contributed by atoms with Gasteiger partial charge >= 0.3 is 6.03 Å². The molecule has 0 radical (unpaired) electrons. The molecule has 1 aromatic rings. The fourth-order valence-corrected chi connectivity index (χ4v) is 3.26. The SMILES string of the molecule is CCC1(c2ccc(F)cc2)NC(=O)N(CC(=O)NC(C)CCC(C)C)C1=O. The van der Waals surface area contributed by atoms with Gasteiger partial charge in [0.25, 0.3) is 5.91 Å². The van der Waals surface area contributed by atoms with Crippen LogP contribution in [0.25, 0.3) is 0 Å². The number of rotatable bonds is 8. The van der Waals surface area contributed by atoms with Crippen molar-refractivity contribution in [2.75, 3.05) is 6.54 Å². The van der Waals surface area contributed by atoms with Crippen LogP contribution < -0.4 is 10.6 Å². The van der Waals surface area contributed by atoms with E-state index in [0.717, 1.165) is 17.7 Å². The van der Waals surface area contributed by atoms with Crippen LogP contribution in [0.1, 0.15) is 52.5 Å². The van der Waals surface area contributed by atoms with Gasteiger partial charge in [0.15, 0.2) is 0 Å². The molecule has 1 aliphatic rings. The molecular weight excluding hydrogens is 349 g/mol. The molecule has 2 N–H and O–H groups in total. The molecule has 148 valence electrons. The highest BCUT2D eigenvalue weighted by Crippen LogP contribution is 2.32. The third kappa shape index (κ3) is 4.64. The van der Waals surface area contributed by atoms with Crippen molar-refractivity contribution < 1.29 is 18.8 Å². The van der Waals surface area contributed by atoms with Crippen LogP contribution in [-0.2, 0) is 15.1 Å². The van der Waals surface area contributed by atoms with Gasteiger partial charge in [0.2, 0.25) is 5.91 Å². The van der Waals surface area contributed by atoms with Crippen LogP contribution in [0.2, 0.25) is 0 Å². The molecule has 1 saturated heterocycles. The van der Waals surface area contributed by atoms with Gasteiger partial charge < -0.3 is 10.6 Å². The Morgan fingerprint density at radius 2 is 1.81 bits per heavy atom. The topological polar surface area (TPSA) is 78.5 Å². The molecule has 2 unspecified atom stereocenters. The highest BCUT2D eigenvalue weighted by molar-refractivity contribution is 6.09. The summed E-state index contributed by atoms with van der Waals surface area (Å²) in [6.07, 6.45) is 2.11. The Kier molecular flexibility index (Phi) is 6.57. The zero-order valence-electron chi connectivity index (χ0n) is 16.3. The monoisotopic (exact) mass is 377 g/mol. The molecule has 4 amide bonds. The Morgan fingerprint density at radius 3 is 2.37 bits per heavy atom. The van der Waals surface area contributed by atoms with Gasteiger partial charge in [-0.1, -0.05) is 32.9 Å². The molecule has 1 fully saturated rings. The molecule has 27 heavy (non-hydrogen) atoms. The van der Waals surface area contributed by atoms with E-state index in [9.17, 15) is 18.8 Å². The molecule has 1 heterocycles. The van der Waals surface area contributed by atoms with E-state index in [0.29, 0.717) is 17.9 Å². The summed E-state index contributed by atoms with van der Waals surface area (Å²) in [4.78, 5) is 38.6. The first-order chi connectivity index (χ1) is 12.7. The van der Waals surface area contributed by atoms with Crippen LogP contribution in [0.5, 0.6) is 0 Å². The summed E-state index contributed by atoms with van der Waals surface area (Å²) < 4.78 is 13.2. The predicted molar refractivity (Wildman–Crippen MR) is 100 cm³/mol. The molecule has 1 aliphatic heterocycles. The second-order valence-corrected chi connectivity index (χ2v) is 7.53. The lowest BCUT2D eigenvalue weighted by Gasteiger charge is -2.25. The predicted octanol–water partition coefficient (Wildman–Crippen LogP) is 2.92. The molecule has 7 heteroatoms. The Balaban J connectivity index is 2.08. The zero-order valence-corrected chi connectivity index (χ0v) is 16.3. The van der Waals surface area contributed by atoms with E-state index in [1.807, 2.05) is 6.92 Å². The number of urea groups is 1. The minimum absolute atomic E-state index is 0.0336. The average Bonchev–Trinajstić information content (AvgIpc) is 2.85. The normalized spacial score (nSPS) is 20.7. The zero-order chi connectivity index (χ0) is 20.2. The van der Waals surface area contributed by atoms with Gasteiger partial charge in [-0.3, -0.25) is 14.5 Å². The molecule has 6 nitrogen and oxygen atoms in total. The van der Waals surface area contributed by atoms with Crippen LogP contribution in [0.15, 0.2) is 24.3 Å². The van der Waals surface area contributed by atoms with Gasteiger partial charge in [-0.05, 0) is 49.8 Å². The molecule has 0 aliphatic carbocycles. The third-order valence-electron chi connectivity index (χ3n) is 4.93. The van der Waals surface area contributed by atoms with E-state index in [1.54, 1.807) is 6.92 Å². The van der Waals surface area contributed by atoms with Gasteiger partial charge in [-0.2, -0.15) is 0 Å². The minimum atomic E-state index is -1.27. The molecule has 0 spiro atoms. The van der Waals surface area contributed by atoms with Crippen LogP contribution in [0.3, 0.4) is 0 Å². The molecule has 1 aromatic carbocycles. The van der Waals surface area contributed by atoms with Crippen LogP contribution in [0.4, 0.5) is 9.18 Å². The summed E-state index contributed by atoms with van der Waals surface area (Å²) in [6, 6.07) is 4.81. The van der Waals surface area contributed by atoms with Crippen LogP contribution in [-0.4, -0.2) is 35.3 Å². The number of halogens is 1. The van der Waals surface area contributed by atoms with Crippen molar-refractivity contribution >= 4 is 17.8 Å². The minimum Gasteiger partial charge on any atom is -0.352 e. The second kappa shape index (κ2) is 8.50. The molecule has 2 rings (SSSR count). The number of benzene rings is 1. The fourth-order valence-electron chi connectivity index (χ4n) is 3.26. The van der Waals surface area contributed by atoms with Gasteiger partial charge in [0, 0.05) is 6.04 Å². The summed E-state index contributed by atoms with van der Waals surface area (Å²) in [5.74, 6) is -0.753. The molecule has 0 bridgehead atoms. The standard InChI is InChI=1S/C20H28FN3O3/c1-5-20(15-8-10-16(21)11-9-15)18(26)24(19(27)23-20)12-17(25)22-14(4)7-6-13(2)3/h8-11,13-14H,5-7,12H2,1-4H3,(H,22,25)(H,23,27). The first-order valence-electron chi connectivity index (χ1n) is 9.39. The van der Waals surface area contributed by atoms with Crippen LogP contribution in [0, 0.1) is 11.7 Å². The lowest BCUT2D eigenvalue weighted by Crippen LogP contribution is -2.45. The molecular formula is C20H28FN3O3. The third-order valence-corrected chi connectivity index (χ3v) is 4.93. The molecule has 2 atom stereocenters. The number of carbonyl (C=O) groups is 3. The van der Waals surface area contributed by atoms with Crippen molar-refractivity contribution in [3.05, 3.63) is 35.6 Å². The van der Waals surface area contributed by atoms with Gasteiger partial charge in [0.05, 0.1) is 0 Å². The van der Waals surface area contributed by atoms with Crippen molar-refractivity contribution in [2.45, 2.75) is 58.5 Å². The highest BCUT2D eigenvalue weighted by Gasteiger charge is 2.51. The summed E-state index contributed by atoms with van der Waals surface area (Å²) in [5.41, 5.74) is -0.771. The largest absolute Gasteiger partial charge is 0.352 e. The van der Waals surface area contributed by atoms with Gasteiger partial charge in [-0.15, -0.1) is 0 Å². The van der Waals surface area contributed by atoms with Crippen molar-refractivity contribution in [3.8, 4) is 0 Å². The van der Waals surface area contributed by atoms with Crippen LogP contribution >= 0.6 is 0 Å². The number of nitrogens with one attached hydrogen (secondary N) is 2. The Hall–Kier alpha value is -2.44. The van der Waals surface area contributed by atoms with Crippen molar-refractivity contribution in [1.29, 1.82) is 0 Å². The maximum Gasteiger partial charge on any atom is 0.325 e. The highest BCUT2D eigenvalue weighted by atomic mass is 19.1. The summed E-state index contributed by atoms with van der Waals surface area (Å²) in [7, 11) is 0. The lowest BCUT2D eigenvalue weighted by molar-refractivity contribution is -0.135. The maximum absolute atomic E-state index is 13.2. The number of amides is 4. The van der Waals surface area contributed by atoms with Gasteiger partial charge in [-0.25, -0.2) is 9.18 Å². The van der Waals surface area contributed by atoms with Gasteiger partial charge in [0.1, 0.15) is 17.9 Å². The number of imide groups is 1.